The third-order valence-electron chi connectivity index (χ3n) is 2.80. The molecule has 1 aromatic rings. The molecule has 0 unspecified atom stereocenters. The Morgan fingerprint density at radius 2 is 2.00 bits per heavy atom. The molecule has 0 fully saturated rings. The van der Waals surface area contributed by atoms with Crippen LogP contribution in [0.25, 0.3) is 0 Å². The van der Waals surface area contributed by atoms with Crippen LogP contribution in [0.4, 0.5) is 5.69 Å². The number of nitrogens with zero attached hydrogens (tertiary/aromatic N) is 1. The average Bonchev–Trinajstić information content (AvgIpc) is 2.28. The van der Waals surface area contributed by atoms with Gasteiger partial charge in [0.15, 0.2) is 0 Å². The second-order valence-corrected chi connectivity index (χ2v) is 4.56. The predicted molar refractivity (Wildman–Crippen MR) is 71.7 cm³/mol. The Hall–Kier alpha value is -1.51. The number of para-hydroxylation sites is 1. The van der Waals surface area contributed by atoms with E-state index in [0.717, 1.165) is 18.5 Å². The van der Waals surface area contributed by atoms with E-state index in [4.69, 9.17) is 5.73 Å². The van der Waals surface area contributed by atoms with E-state index in [0.29, 0.717) is 12.1 Å². The average molecular weight is 234 g/mol. The topological polar surface area (TPSA) is 46.3 Å². The van der Waals surface area contributed by atoms with Gasteiger partial charge in [-0.05, 0) is 31.9 Å². The maximum Gasteiger partial charge on any atom is 0.227 e. The van der Waals surface area contributed by atoms with Gasteiger partial charge in [-0.15, -0.1) is 0 Å². The van der Waals surface area contributed by atoms with Gasteiger partial charge in [-0.2, -0.15) is 0 Å². The lowest BCUT2D eigenvalue weighted by Gasteiger charge is -2.26. The molecule has 0 spiro atoms. The van der Waals surface area contributed by atoms with Crippen LogP contribution in [0.1, 0.15) is 32.8 Å². The number of carbonyl (C=O) groups is 1. The summed E-state index contributed by atoms with van der Waals surface area (Å²) in [5.41, 5.74) is 7.46. The molecule has 0 aromatic heterocycles. The lowest BCUT2D eigenvalue weighted by Crippen LogP contribution is -2.38. The summed E-state index contributed by atoms with van der Waals surface area (Å²) in [6, 6.07) is 7.79. The molecule has 3 nitrogen and oxygen atoms in total. The van der Waals surface area contributed by atoms with Crippen LogP contribution >= 0.6 is 0 Å². The van der Waals surface area contributed by atoms with Crippen LogP contribution in [0.2, 0.25) is 0 Å². The number of hydrogen-bond donors (Lipinski definition) is 1. The number of benzene rings is 1. The van der Waals surface area contributed by atoms with Crippen molar-refractivity contribution < 1.29 is 4.79 Å². The molecule has 0 heterocycles. The Balaban J connectivity index is 2.73. The van der Waals surface area contributed by atoms with E-state index >= 15 is 0 Å². The third-order valence-corrected chi connectivity index (χ3v) is 2.80. The molecule has 0 atom stereocenters. The molecule has 0 aliphatic carbocycles. The second-order valence-electron chi connectivity index (χ2n) is 4.56. The number of rotatable bonds is 5. The second kappa shape index (κ2) is 6.28. The number of carbonyl (C=O) groups excluding carboxylic acids is 1. The molecule has 94 valence electrons. The number of nitrogen functional groups attached to an aromatic ring is 1. The molecular weight excluding hydrogens is 212 g/mol. The molecule has 0 aliphatic rings. The fraction of sp³-hybridized carbons (Fsp3) is 0.500. The van der Waals surface area contributed by atoms with Crippen molar-refractivity contribution in [3.05, 3.63) is 29.8 Å². The van der Waals surface area contributed by atoms with Gasteiger partial charge in [-0.25, -0.2) is 0 Å². The zero-order chi connectivity index (χ0) is 12.8. The van der Waals surface area contributed by atoms with Crippen LogP contribution in [0, 0.1) is 0 Å². The fourth-order valence-electron chi connectivity index (χ4n) is 1.87. The van der Waals surface area contributed by atoms with E-state index in [1.54, 1.807) is 0 Å². The van der Waals surface area contributed by atoms with Gasteiger partial charge >= 0.3 is 0 Å². The summed E-state index contributed by atoms with van der Waals surface area (Å²) >= 11 is 0. The molecule has 1 rings (SSSR count). The first-order valence-electron chi connectivity index (χ1n) is 6.19. The van der Waals surface area contributed by atoms with E-state index in [1.165, 1.54) is 0 Å². The van der Waals surface area contributed by atoms with Crippen LogP contribution in [-0.2, 0) is 11.2 Å². The molecule has 0 aliphatic heterocycles. The molecule has 17 heavy (non-hydrogen) atoms. The van der Waals surface area contributed by atoms with E-state index < -0.39 is 0 Å². The summed E-state index contributed by atoms with van der Waals surface area (Å²) in [7, 11) is 0. The highest BCUT2D eigenvalue weighted by Gasteiger charge is 2.16. The van der Waals surface area contributed by atoms with Gasteiger partial charge in [0.05, 0.1) is 6.42 Å². The molecule has 0 saturated heterocycles. The highest BCUT2D eigenvalue weighted by Crippen LogP contribution is 2.13. The van der Waals surface area contributed by atoms with Crippen molar-refractivity contribution in [2.24, 2.45) is 0 Å². The molecule has 0 bridgehead atoms. The standard InChI is InChI=1S/C14H22N2O/c1-4-9-16(11(2)3)14(17)10-12-7-5-6-8-13(12)15/h5-8,11H,4,9-10,15H2,1-3H3. The normalized spacial score (nSPS) is 10.6. The van der Waals surface area contributed by atoms with Crippen LogP contribution in [0.5, 0.6) is 0 Å². The molecule has 0 radical (unpaired) electrons. The summed E-state index contributed by atoms with van der Waals surface area (Å²) in [4.78, 5) is 14.1. The molecule has 0 saturated carbocycles. The minimum atomic E-state index is 0.153. The summed E-state index contributed by atoms with van der Waals surface area (Å²) in [6.07, 6.45) is 1.37. The van der Waals surface area contributed by atoms with Gasteiger partial charge < -0.3 is 10.6 Å². The first kappa shape index (κ1) is 13.6. The van der Waals surface area contributed by atoms with Crippen LogP contribution < -0.4 is 5.73 Å². The molecule has 1 amide bonds. The SMILES string of the molecule is CCCN(C(=O)Cc1ccccc1N)C(C)C. The Bertz CT molecular complexity index is 374. The minimum absolute atomic E-state index is 0.153. The van der Waals surface area contributed by atoms with Crippen LogP contribution in [-0.4, -0.2) is 23.4 Å². The van der Waals surface area contributed by atoms with Crippen molar-refractivity contribution in [3.8, 4) is 0 Å². The lowest BCUT2D eigenvalue weighted by atomic mass is 10.1. The maximum atomic E-state index is 12.2. The van der Waals surface area contributed by atoms with Gasteiger partial charge in [0, 0.05) is 18.3 Å². The number of hydrogen-bond acceptors (Lipinski definition) is 2. The quantitative estimate of drug-likeness (QED) is 0.795. The van der Waals surface area contributed by atoms with Gasteiger partial charge in [-0.3, -0.25) is 4.79 Å². The summed E-state index contributed by atoms with van der Waals surface area (Å²) in [5, 5.41) is 0. The Labute approximate surface area is 104 Å². The summed E-state index contributed by atoms with van der Waals surface area (Å²) in [6.45, 7) is 6.98. The van der Waals surface area contributed by atoms with Crippen molar-refractivity contribution in [1.82, 2.24) is 4.90 Å². The first-order chi connectivity index (χ1) is 8.06. The van der Waals surface area contributed by atoms with E-state index in [1.807, 2.05) is 43.0 Å². The molecule has 2 N–H and O–H groups in total. The van der Waals surface area contributed by atoms with Gasteiger partial charge in [0.25, 0.3) is 0 Å². The van der Waals surface area contributed by atoms with Crippen LogP contribution in [0.15, 0.2) is 24.3 Å². The van der Waals surface area contributed by atoms with E-state index in [-0.39, 0.29) is 11.9 Å². The number of anilines is 1. The van der Waals surface area contributed by atoms with E-state index in [2.05, 4.69) is 6.92 Å². The number of nitrogens with two attached hydrogens (primary N) is 1. The Morgan fingerprint density at radius 3 is 2.53 bits per heavy atom. The van der Waals surface area contributed by atoms with E-state index in [9.17, 15) is 4.79 Å². The summed E-state index contributed by atoms with van der Waals surface area (Å²) in [5.74, 6) is 0.153. The highest BCUT2D eigenvalue weighted by molar-refractivity contribution is 5.80. The third kappa shape index (κ3) is 3.77. The minimum Gasteiger partial charge on any atom is -0.398 e. The molecule has 1 aromatic carbocycles. The summed E-state index contributed by atoms with van der Waals surface area (Å²) < 4.78 is 0. The van der Waals surface area contributed by atoms with Crippen molar-refractivity contribution in [1.29, 1.82) is 0 Å². The van der Waals surface area contributed by atoms with Gasteiger partial charge in [0.1, 0.15) is 0 Å². The zero-order valence-corrected chi connectivity index (χ0v) is 10.9. The van der Waals surface area contributed by atoms with Crippen molar-refractivity contribution >= 4 is 11.6 Å². The maximum absolute atomic E-state index is 12.2. The zero-order valence-electron chi connectivity index (χ0n) is 10.9. The van der Waals surface area contributed by atoms with Crippen molar-refractivity contribution in [3.63, 3.8) is 0 Å². The Morgan fingerprint density at radius 1 is 1.35 bits per heavy atom. The first-order valence-corrected chi connectivity index (χ1v) is 6.19. The highest BCUT2D eigenvalue weighted by atomic mass is 16.2. The predicted octanol–water partition coefficient (Wildman–Crippen LogP) is 2.46. The van der Waals surface area contributed by atoms with Crippen LogP contribution in [0.3, 0.4) is 0 Å². The van der Waals surface area contributed by atoms with Gasteiger partial charge in [-0.1, -0.05) is 25.1 Å². The Kier molecular flexibility index (Phi) is 5.01. The molecular formula is C14H22N2O. The monoisotopic (exact) mass is 234 g/mol. The van der Waals surface area contributed by atoms with Crippen molar-refractivity contribution in [2.45, 2.75) is 39.7 Å². The van der Waals surface area contributed by atoms with Gasteiger partial charge in [0.2, 0.25) is 5.91 Å². The smallest absolute Gasteiger partial charge is 0.227 e. The van der Waals surface area contributed by atoms with Crippen molar-refractivity contribution in [2.75, 3.05) is 12.3 Å². The largest absolute Gasteiger partial charge is 0.398 e. The molecule has 3 heteroatoms. The lowest BCUT2D eigenvalue weighted by molar-refractivity contribution is -0.132. The number of amides is 1. The fourth-order valence-corrected chi connectivity index (χ4v) is 1.87.